The predicted octanol–water partition coefficient (Wildman–Crippen LogP) is 3.86. The first-order chi connectivity index (χ1) is 14.0. The van der Waals surface area contributed by atoms with E-state index in [1.54, 1.807) is 55.3 Å². The minimum absolute atomic E-state index is 0.125. The summed E-state index contributed by atoms with van der Waals surface area (Å²) >= 11 is 0. The monoisotopic (exact) mass is 399 g/mol. The number of carbonyl (C=O) groups is 2. The van der Waals surface area contributed by atoms with E-state index in [4.69, 9.17) is 9.47 Å². The summed E-state index contributed by atoms with van der Waals surface area (Å²) in [7, 11) is 1.57. The first-order valence-electron chi connectivity index (χ1n) is 9.82. The zero-order valence-corrected chi connectivity index (χ0v) is 16.8. The van der Waals surface area contributed by atoms with Crippen molar-refractivity contribution >= 4 is 11.9 Å². The number of benzene rings is 2. The average Bonchev–Trinajstić information content (AvgIpc) is 2.75. The van der Waals surface area contributed by atoms with Crippen LogP contribution >= 0.6 is 0 Å². The zero-order valence-electron chi connectivity index (χ0n) is 16.8. The molecule has 0 aromatic heterocycles. The van der Waals surface area contributed by atoms with Gasteiger partial charge in [-0.3, -0.25) is 9.59 Å². The molecule has 3 rings (SSSR count). The molecule has 0 spiro atoms. The molecule has 6 heteroatoms. The molecule has 2 aromatic rings. The molecule has 1 aliphatic heterocycles. The standard InChI is InChI=1S/C23H26FNO4/c1-3-29-22(27)23(15-17-5-9-19(24)10-6-17)13-4-14-25(16-23)21(26)18-7-11-20(28-2)12-8-18/h5-12H,3-4,13-16H2,1-2H3/t23-/m0/s1. The maximum absolute atomic E-state index is 13.3. The number of carbonyl (C=O) groups excluding carboxylic acids is 2. The van der Waals surface area contributed by atoms with Gasteiger partial charge in [-0.1, -0.05) is 12.1 Å². The fourth-order valence-corrected chi connectivity index (χ4v) is 3.88. The van der Waals surface area contributed by atoms with Gasteiger partial charge >= 0.3 is 5.97 Å². The van der Waals surface area contributed by atoms with Gasteiger partial charge in [0, 0.05) is 18.7 Å². The van der Waals surface area contributed by atoms with Gasteiger partial charge in [0.25, 0.3) is 5.91 Å². The minimum Gasteiger partial charge on any atom is -0.497 e. The van der Waals surface area contributed by atoms with Gasteiger partial charge in [-0.25, -0.2) is 4.39 Å². The summed E-state index contributed by atoms with van der Waals surface area (Å²) in [5.41, 5.74) is 0.555. The van der Waals surface area contributed by atoms with E-state index >= 15 is 0 Å². The SMILES string of the molecule is CCOC(=O)[C@]1(Cc2ccc(F)cc2)CCCN(C(=O)c2ccc(OC)cc2)C1. The molecule has 0 aliphatic carbocycles. The van der Waals surface area contributed by atoms with E-state index in [1.165, 1.54) is 12.1 Å². The van der Waals surface area contributed by atoms with Crippen molar-refractivity contribution in [1.82, 2.24) is 4.90 Å². The second kappa shape index (κ2) is 9.07. The average molecular weight is 399 g/mol. The number of nitrogens with zero attached hydrogens (tertiary/aromatic N) is 1. The Hall–Kier alpha value is -2.89. The second-order valence-corrected chi connectivity index (χ2v) is 7.36. The number of hydrogen-bond donors (Lipinski definition) is 0. The molecule has 0 saturated carbocycles. The van der Waals surface area contributed by atoms with Crippen LogP contribution in [0.25, 0.3) is 0 Å². The van der Waals surface area contributed by atoms with Crippen molar-refractivity contribution in [1.29, 1.82) is 0 Å². The molecule has 1 amide bonds. The van der Waals surface area contributed by atoms with Crippen LogP contribution in [0, 0.1) is 11.2 Å². The lowest BCUT2D eigenvalue weighted by Gasteiger charge is -2.41. The third-order valence-corrected chi connectivity index (χ3v) is 5.37. The third-order valence-electron chi connectivity index (χ3n) is 5.37. The fourth-order valence-electron chi connectivity index (χ4n) is 3.88. The molecule has 0 radical (unpaired) electrons. The van der Waals surface area contributed by atoms with Gasteiger partial charge in [-0.2, -0.15) is 0 Å². The van der Waals surface area contributed by atoms with Crippen LogP contribution in [0.15, 0.2) is 48.5 Å². The number of ether oxygens (including phenoxy) is 2. The Balaban J connectivity index is 1.84. The smallest absolute Gasteiger partial charge is 0.314 e. The van der Waals surface area contributed by atoms with Gasteiger partial charge in [0.1, 0.15) is 11.6 Å². The molecule has 29 heavy (non-hydrogen) atoms. The normalized spacial score (nSPS) is 18.9. The van der Waals surface area contributed by atoms with Gasteiger partial charge in [0.15, 0.2) is 0 Å². The van der Waals surface area contributed by atoms with Crippen LogP contribution in [0.1, 0.15) is 35.7 Å². The van der Waals surface area contributed by atoms with E-state index in [-0.39, 0.29) is 30.8 Å². The zero-order chi connectivity index (χ0) is 20.9. The van der Waals surface area contributed by atoms with Crippen LogP contribution in [-0.2, 0) is 16.0 Å². The largest absolute Gasteiger partial charge is 0.497 e. The van der Waals surface area contributed by atoms with E-state index in [1.807, 2.05) is 0 Å². The molecule has 1 aliphatic rings. The predicted molar refractivity (Wildman–Crippen MR) is 107 cm³/mol. The van der Waals surface area contributed by atoms with Gasteiger partial charge in [0.05, 0.1) is 19.1 Å². The van der Waals surface area contributed by atoms with Gasteiger partial charge in [0.2, 0.25) is 0 Å². The molecule has 1 fully saturated rings. The maximum atomic E-state index is 13.3. The Bertz CT molecular complexity index is 850. The highest BCUT2D eigenvalue weighted by Crippen LogP contribution is 2.36. The number of piperidine rings is 1. The van der Waals surface area contributed by atoms with Crippen molar-refractivity contribution < 1.29 is 23.5 Å². The number of rotatable bonds is 6. The van der Waals surface area contributed by atoms with Crippen LogP contribution in [0.5, 0.6) is 5.75 Å². The molecule has 1 saturated heterocycles. The second-order valence-electron chi connectivity index (χ2n) is 7.36. The Morgan fingerprint density at radius 2 is 1.79 bits per heavy atom. The van der Waals surface area contributed by atoms with Crippen LogP contribution in [0.3, 0.4) is 0 Å². The van der Waals surface area contributed by atoms with Crippen molar-refractivity contribution in [2.24, 2.45) is 5.41 Å². The summed E-state index contributed by atoms with van der Waals surface area (Å²) in [5, 5.41) is 0. The lowest BCUT2D eigenvalue weighted by atomic mass is 9.75. The van der Waals surface area contributed by atoms with Crippen molar-refractivity contribution in [3.8, 4) is 5.75 Å². The Kier molecular flexibility index (Phi) is 6.52. The summed E-state index contributed by atoms with van der Waals surface area (Å²) in [4.78, 5) is 27.7. The summed E-state index contributed by atoms with van der Waals surface area (Å²) in [6.07, 6.45) is 1.72. The quantitative estimate of drug-likeness (QED) is 0.692. The molecule has 2 aromatic carbocycles. The molecular weight excluding hydrogens is 373 g/mol. The Morgan fingerprint density at radius 1 is 1.10 bits per heavy atom. The number of hydrogen-bond acceptors (Lipinski definition) is 4. The summed E-state index contributed by atoms with van der Waals surface area (Å²) < 4.78 is 23.8. The molecule has 0 unspecified atom stereocenters. The van der Waals surface area contributed by atoms with E-state index in [0.717, 1.165) is 5.56 Å². The summed E-state index contributed by atoms with van der Waals surface area (Å²) in [5.74, 6) is -0.0760. The van der Waals surface area contributed by atoms with Gasteiger partial charge < -0.3 is 14.4 Å². The first kappa shape index (κ1) is 20.8. The molecule has 5 nitrogen and oxygen atoms in total. The molecular formula is C23H26FNO4. The number of esters is 1. The number of halogens is 1. The minimum atomic E-state index is -0.839. The van der Waals surface area contributed by atoms with Crippen LogP contribution in [0.2, 0.25) is 0 Å². The van der Waals surface area contributed by atoms with E-state index < -0.39 is 5.41 Å². The Labute approximate surface area is 170 Å². The molecule has 1 heterocycles. The Morgan fingerprint density at radius 3 is 2.41 bits per heavy atom. The highest BCUT2D eigenvalue weighted by Gasteiger charge is 2.44. The molecule has 154 valence electrons. The van der Waals surface area contributed by atoms with Crippen molar-refractivity contribution in [2.45, 2.75) is 26.2 Å². The number of amides is 1. The molecule has 0 N–H and O–H groups in total. The number of methoxy groups -OCH3 is 1. The highest BCUT2D eigenvalue weighted by atomic mass is 19.1. The van der Waals surface area contributed by atoms with Crippen molar-refractivity contribution in [3.63, 3.8) is 0 Å². The van der Waals surface area contributed by atoms with E-state index in [9.17, 15) is 14.0 Å². The maximum Gasteiger partial charge on any atom is 0.314 e. The summed E-state index contributed by atoms with van der Waals surface area (Å²) in [6, 6.07) is 13.1. The van der Waals surface area contributed by atoms with Gasteiger partial charge in [-0.05, 0) is 68.1 Å². The van der Waals surface area contributed by atoms with E-state index in [2.05, 4.69) is 0 Å². The van der Waals surface area contributed by atoms with Crippen LogP contribution in [-0.4, -0.2) is 43.6 Å². The van der Waals surface area contributed by atoms with Crippen molar-refractivity contribution in [3.05, 3.63) is 65.5 Å². The summed E-state index contributed by atoms with van der Waals surface area (Å²) in [6.45, 7) is 2.90. The lowest BCUT2D eigenvalue weighted by molar-refractivity contribution is -0.158. The number of likely N-dealkylation sites (tertiary alicyclic amines) is 1. The molecule has 1 atom stereocenters. The van der Waals surface area contributed by atoms with Crippen molar-refractivity contribution in [2.75, 3.05) is 26.8 Å². The highest BCUT2D eigenvalue weighted by molar-refractivity contribution is 5.95. The van der Waals surface area contributed by atoms with E-state index in [0.29, 0.717) is 37.1 Å². The molecule has 0 bridgehead atoms. The fraction of sp³-hybridized carbons (Fsp3) is 0.391. The lowest BCUT2D eigenvalue weighted by Crippen LogP contribution is -2.51. The first-order valence-corrected chi connectivity index (χ1v) is 9.82. The van der Waals surface area contributed by atoms with Crippen LogP contribution < -0.4 is 4.74 Å². The van der Waals surface area contributed by atoms with Crippen LogP contribution in [0.4, 0.5) is 4.39 Å². The third kappa shape index (κ3) is 4.75. The topological polar surface area (TPSA) is 55.8 Å². The van der Waals surface area contributed by atoms with Gasteiger partial charge in [-0.15, -0.1) is 0 Å².